The Morgan fingerprint density at radius 1 is 1.24 bits per heavy atom. The zero-order valence-corrected chi connectivity index (χ0v) is 17.5. The molecule has 2 heterocycles. The summed E-state index contributed by atoms with van der Waals surface area (Å²) >= 11 is 1.69. The molecule has 6 heteroatoms. The van der Waals surface area contributed by atoms with Crippen molar-refractivity contribution in [2.75, 3.05) is 25.0 Å². The lowest BCUT2D eigenvalue weighted by Crippen LogP contribution is -2.44. The molecular formula is C23H27N3O2S. The summed E-state index contributed by atoms with van der Waals surface area (Å²) in [7, 11) is 0. The van der Waals surface area contributed by atoms with Crippen molar-refractivity contribution in [2.45, 2.75) is 38.6 Å². The second-order valence-electron chi connectivity index (χ2n) is 7.75. The molecule has 1 saturated heterocycles. The van der Waals surface area contributed by atoms with E-state index in [4.69, 9.17) is 4.98 Å². The fourth-order valence-corrected chi connectivity index (χ4v) is 5.05. The molecule has 1 unspecified atom stereocenters. The van der Waals surface area contributed by atoms with Gasteiger partial charge in [0.15, 0.2) is 0 Å². The zero-order valence-electron chi connectivity index (χ0n) is 16.7. The number of nitrogens with zero attached hydrogens (tertiary/aromatic N) is 2. The standard InChI is InChI=1S/C23H27N3O2S/c1-16-5-10-20-21(14-16)29-23(25-20)17-6-8-18(9-7-17)24-22(28)15-26-12-3-2-4-19(26)11-13-27/h5-10,14,19,27H,2-4,11-13,15H2,1H3,(H,24,28). The lowest BCUT2D eigenvalue weighted by Gasteiger charge is -2.34. The van der Waals surface area contributed by atoms with Gasteiger partial charge >= 0.3 is 0 Å². The summed E-state index contributed by atoms with van der Waals surface area (Å²) in [4.78, 5) is 19.4. The van der Waals surface area contributed by atoms with Gasteiger partial charge in [-0.3, -0.25) is 9.69 Å². The average molecular weight is 410 g/mol. The number of nitrogens with one attached hydrogen (secondary N) is 1. The first-order valence-electron chi connectivity index (χ1n) is 10.2. The van der Waals surface area contributed by atoms with E-state index in [1.807, 2.05) is 24.3 Å². The van der Waals surface area contributed by atoms with Gasteiger partial charge in [0.05, 0.1) is 16.8 Å². The summed E-state index contributed by atoms with van der Waals surface area (Å²) in [5, 5.41) is 13.2. The number of aryl methyl sites for hydroxylation is 1. The minimum absolute atomic E-state index is 0.00180. The number of fused-ring (bicyclic) bond motifs is 1. The normalized spacial score (nSPS) is 17.5. The van der Waals surface area contributed by atoms with Gasteiger partial charge in [-0.05, 0) is 74.7 Å². The number of likely N-dealkylation sites (tertiary alicyclic amines) is 1. The van der Waals surface area contributed by atoms with E-state index in [1.165, 1.54) is 16.7 Å². The number of hydrogen-bond donors (Lipinski definition) is 2. The smallest absolute Gasteiger partial charge is 0.238 e. The van der Waals surface area contributed by atoms with E-state index >= 15 is 0 Å². The lowest BCUT2D eigenvalue weighted by atomic mass is 9.99. The quantitative estimate of drug-likeness (QED) is 0.631. The van der Waals surface area contributed by atoms with Gasteiger partial charge in [0.25, 0.3) is 0 Å². The number of hydrogen-bond acceptors (Lipinski definition) is 5. The van der Waals surface area contributed by atoms with Gasteiger partial charge in [0.1, 0.15) is 5.01 Å². The minimum Gasteiger partial charge on any atom is -0.396 e. The molecule has 4 rings (SSSR count). The van der Waals surface area contributed by atoms with Crippen LogP contribution in [0, 0.1) is 6.92 Å². The van der Waals surface area contributed by atoms with Crippen LogP contribution < -0.4 is 5.32 Å². The largest absolute Gasteiger partial charge is 0.396 e. The van der Waals surface area contributed by atoms with Crippen molar-refractivity contribution in [3.63, 3.8) is 0 Å². The van der Waals surface area contributed by atoms with Crippen molar-refractivity contribution in [3.05, 3.63) is 48.0 Å². The van der Waals surface area contributed by atoms with Crippen LogP contribution >= 0.6 is 11.3 Å². The van der Waals surface area contributed by atoms with Crippen LogP contribution in [0.4, 0.5) is 5.69 Å². The Morgan fingerprint density at radius 2 is 2.07 bits per heavy atom. The van der Waals surface area contributed by atoms with E-state index in [1.54, 1.807) is 11.3 Å². The van der Waals surface area contributed by atoms with Crippen LogP contribution in [0.2, 0.25) is 0 Å². The van der Waals surface area contributed by atoms with E-state index in [-0.39, 0.29) is 12.5 Å². The number of carbonyl (C=O) groups excluding carboxylic acids is 1. The van der Waals surface area contributed by atoms with Crippen LogP contribution in [0.5, 0.6) is 0 Å². The summed E-state index contributed by atoms with van der Waals surface area (Å²) < 4.78 is 1.19. The van der Waals surface area contributed by atoms with Gasteiger partial charge in [-0.2, -0.15) is 0 Å². The third-order valence-electron chi connectivity index (χ3n) is 5.52. The maximum atomic E-state index is 12.5. The van der Waals surface area contributed by atoms with Crippen molar-refractivity contribution in [3.8, 4) is 10.6 Å². The van der Waals surface area contributed by atoms with Crippen molar-refractivity contribution >= 4 is 33.1 Å². The summed E-state index contributed by atoms with van der Waals surface area (Å²) in [5.74, 6) is -0.00180. The topological polar surface area (TPSA) is 65.5 Å². The maximum Gasteiger partial charge on any atom is 0.238 e. The number of aromatic nitrogens is 1. The minimum atomic E-state index is -0.00180. The Bertz CT molecular complexity index is 981. The third-order valence-corrected chi connectivity index (χ3v) is 6.58. The van der Waals surface area contributed by atoms with Crippen molar-refractivity contribution in [1.82, 2.24) is 9.88 Å². The number of amides is 1. The highest BCUT2D eigenvalue weighted by Crippen LogP contribution is 2.31. The second kappa shape index (κ2) is 9.03. The van der Waals surface area contributed by atoms with Gasteiger partial charge in [-0.25, -0.2) is 4.98 Å². The summed E-state index contributed by atoms with van der Waals surface area (Å²) in [6.07, 6.45) is 4.09. The molecule has 1 aromatic heterocycles. The number of piperidine rings is 1. The first-order chi connectivity index (χ1) is 14.1. The lowest BCUT2D eigenvalue weighted by molar-refractivity contribution is -0.118. The monoisotopic (exact) mass is 409 g/mol. The zero-order chi connectivity index (χ0) is 20.2. The molecule has 1 aliphatic heterocycles. The van der Waals surface area contributed by atoms with E-state index < -0.39 is 0 Å². The molecule has 152 valence electrons. The number of benzene rings is 2. The average Bonchev–Trinajstić information content (AvgIpc) is 3.13. The van der Waals surface area contributed by atoms with E-state index in [0.717, 1.165) is 47.6 Å². The summed E-state index contributed by atoms with van der Waals surface area (Å²) in [5.41, 5.74) is 4.11. The molecule has 3 aromatic rings. The number of thiazole rings is 1. The Balaban J connectivity index is 1.40. The van der Waals surface area contributed by atoms with Crippen LogP contribution in [0.1, 0.15) is 31.2 Å². The van der Waals surface area contributed by atoms with E-state index in [2.05, 4.69) is 35.3 Å². The van der Waals surface area contributed by atoms with E-state index in [0.29, 0.717) is 12.6 Å². The molecule has 2 aromatic carbocycles. The van der Waals surface area contributed by atoms with Crippen molar-refractivity contribution < 1.29 is 9.90 Å². The molecule has 1 aliphatic rings. The third kappa shape index (κ3) is 4.83. The Labute approximate surface area is 175 Å². The molecule has 0 radical (unpaired) electrons. The first-order valence-corrected chi connectivity index (χ1v) is 11.1. The fourth-order valence-electron chi connectivity index (χ4n) is 3.98. The van der Waals surface area contributed by atoms with Crippen molar-refractivity contribution in [2.24, 2.45) is 0 Å². The highest BCUT2D eigenvalue weighted by Gasteiger charge is 2.23. The SMILES string of the molecule is Cc1ccc2nc(-c3ccc(NC(=O)CN4CCCCC4CCO)cc3)sc2c1. The number of aliphatic hydroxyl groups is 1. The molecule has 5 nitrogen and oxygen atoms in total. The molecular weight excluding hydrogens is 382 g/mol. The number of aliphatic hydroxyl groups excluding tert-OH is 1. The van der Waals surface area contributed by atoms with Gasteiger partial charge in [0.2, 0.25) is 5.91 Å². The number of carbonyl (C=O) groups is 1. The molecule has 2 N–H and O–H groups in total. The molecule has 0 saturated carbocycles. The number of rotatable bonds is 6. The van der Waals surface area contributed by atoms with Crippen LogP contribution in [0.25, 0.3) is 20.8 Å². The molecule has 0 spiro atoms. The van der Waals surface area contributed by atoms with Crippen LogP contribution in [0.15, 0.2) is 42.5 Å². The summed E-state index contributed by atoms with van der Waals surface area (Å²) in [6, 6.07) is 14.5. The van der Waals surface area contributed by atoms with Gasteiger partial charge < -0.3 is 10.4 Å². The molecule has 0 aliphatic carbocycles. The molecule has 1 amide bonds. The molecule has 1 fully saturated rings. The van der Waals surface area contributed by atoms with Gasteiger partial charge in [-0.1, -0.05) is 12.5 Å². The van der Waals surface area contributed by atoms with Gasteiger partial charge in [-0.15, -0.1) is 11.3 Å². The van der Waals surface area contributed by atoms with Crippen LogP contribution in [-0.4, -0.2) is 46.6 Å². The second-order valence-corrected chi connectivity index (χ2v) is 8.78. The van der Waals surface area contributed by atoms with Crippen LogP contribution in [0.3, 0.4) is 0 Å². The predicted molar refractivity (Wildman–Crippen MR) is 119 cm³/mol. The first kappa shape index (κ1) is 20.0. The highest BCUT2D eigenvalue weighted by molar-refractivity contribution is 7.21. The van der Waals surface area contributed by atoms with Crippen LogP contribution in [-0.2, 0) is 4.79 Å². The molecule has 29 heavy (non-hydrogen) atoms. The predicted octanol–water partition coefficient (Wildman–Crippen LogP) is 4.45. The van der Waals surface area contributed by atoms with E-state index in [9.17, 15) is 9.90 Å². The maximum absolute atomic E-state index is 12.5. The Hall–Kier alpha value is -2.28. The molecule has 1 atom stereocenters. The highest BCUT2D eigenvalue weighted by atomic mass is 32.1. The summed E-state index contributed by atoms with van der Waals surface area (Å²) in [6.45, 7) is 3.57. The Kier molecular flexibility index (Phi) is 6.23. The van der Waals surface area contributed by atoms with Gasteiger partial charge in [0, 0.05) is 23.9 Å². The number of anilines is 1. The van der Waals surface area contributed by atoms with Crippen molar-refractivity contribution in [1.29, 1.82) is 0 Å². The molecule has 0 bridgehead atoms. The Morgan fingerprint density at radius 3 is 2.86 bits per heavy atom. The fraction of sp³-hybridized carbons (Fsp3) is 0.391.